The third-order valence-electron chi connectivity index (χ3n) is 3.28. The molecular weight excluding hydrogens is 298 g/mol. The molecular formula is C13H25NO6S. The Balaban J connectivity index is 2.83. The van der Waals surface area contributed by atoms with E-state index < -0.39 is 33.5 Å². The number of hydrogen-bond acceptors (Lipinski definition) is 6. The van der Waals surface area contributed by atoms with Crippen LogP contribution in [0.4, 0.5) is 4.79 Å². The van der Waals surface area contributed by atoms with E-state index in [2.05, 4.69) is 0 Å². The van der Waals surface area contributed by atoms with E-state index in [1.165, 1.54) is 4.90 Å². The van der Waals surface area contributed by atoms with Crippen molar-refractivity contribution < 1.29 is 27.2 Å². The molecule has 124 valence electrons. The number of nitrogens with zero attached hydrogens (tertiary/aromatic N) is 1. The number of aliphatic hydroxyl groups is 1. The van der Waals surface area contributed by atoms with Gasteiger partial charge in [-0.1, -0.05) is 6.92 Å². The van der Waals surface area contributed by atoms with Gasteiger partial charge < -0.3 is 9.84 Å². The molecule has 1 rings (SSSR count). The summed E-state index contributed by atoms with van der Waals surface area (Å²) < 4.78 is 32.3. The van der Waals surface area contributed by atoms with Gasteiger partial charge >= 0.3 is 6.09 Å². The van der Waals surface area contributed by atoms with Crippen LogP contribution in [0.2, 0.25) is 0 Å². The van der Waals surface area contributed by atoms with Gasteiger partial charge in [0.05, 0.1) is 31.1 Å². The number of hydrogen-bond donors (Lipinski definition) is 1. The monoisotopic (exact) mass is 323 g/mol. The lowest BCUT2D eigenvalue weighted by molar-refractivity contribution is 0.00985. The first-order chi connectivity index (χ1) is 9.35. The van der Waals surface area contributed by atoms with Crippen LogP contribution in [0, 0.1) is 0 Å². The van der Waals surface area contributed by atoms with E-state index in [9.17, 15) is 18.3 Å². The third-order valence-corrected chi connectivity index (χ3v) is 3.85. The number of carbonyl (C=O) groups is 1. The van der Waals surface area contributed by atoms with Crippen molar-refractivity contribution in [3.63, 3.8) is 0 Å². The zero-order chi connectivity index (χ0) is 16.5. The van der Waals surface area contributed by atoms with Gasteiger partial charge in [-0.25, -0.2) is 4.79 Å². The number of likely N-dealkylation sites (tertiary alicyclic amines) is 1. The Bertz CT molecular complexity index is 483. The molecule has 0 aromatic carbocycles. The van der Waals surface area contributed by atoms with Gasteiger partial charge in [0.25, 0.3) is 10.1 Å². The largest absolute Gasteiger partial charge is 0.444 e. The molecule has 0 spiro atoms. The molecule has 1 heterocycles. The molecule has 21 heavy (non-hydrogen) atoms. The van der Waals surface area contributed by atoms with Crippen LogP contribution in [-0.4, -0.2) is 61.2 Å². The number of β-amino-alcohol motifs (C(OH)–C–C–N with tert-alkyl or cyclic N) is 1. The lowest BCUT2D eigenvalue weighted by Gasteiger charge is -2.28. The van der Waals surface area contributed by atoms with Crippen LogP contribution in [0.1, 0.15) is 40.5 Å². The van der Waals surface area contributed by atoms with E-state index in [1.807, 2.05) is 6.92 Å². The summed E-state index contributed by atoms with van der Waals surface area (Å²) in [5.74, 6) is 0. The first-order valence-corrected chi connectivity index (χ1v) is 8.73. The summed E-state index contributed by atoms with van der Waals surface area (Å²) in [6.45, 7) is 6.97. The number of ether oxygens (including phenoxy) is 1. The Kier molecular flexibility index (Phi) is 5.28. The summed E-state index contributed by atoms with van der Waals surface area (Å²) in [6, 6.07) is -0.528. The topological polar surface area (TPSA) is 93.1 Å². The first-order valence-electron chi connectivity index (χ1n) is 6.92. The molecule has 1 unspecified atom stereocenters. The SMILES string of the molecule is CCC1(O)C[C@@H](COS(C)(=O)=O)N(C(=O)OC(C)(C)C)C1. The standard InChI is InChI=1S/C13H25NO6S/c1-6-13(16)7-10(8-19-21(5,17)18)14(9-13)11(15)20-12(2,3)4/h10,16H,6-9H2,1-5H3/t10-,13?/m0/s1. The second-order valence-electron chi connectivity index (χ2n) is 6.53. The molecule has 1 fully saturated rings. The molecule has 1 N–H and O–H groups in total. The van der Waals surface area contributed by atoms with Gasteiger partial charge in [-0.3, -0.25) is 9.08 Å². The Morgan fingerprint density at radius 3 is 2.43 bits per heavy atom. The van der Waals surface area contributed by atoms with Crippen molar-refractivity contribution in [1.82, 2.24) is 4.90 Å². The van der Waals surface area contributed by atoms with Crippen molar-refractivity contribution in [2.24, 2.45) is 0 Å². The second-order valence-corrected chi connectivity index (χ2v) is 8.18. The number of amides is 1. The van der Waals surface area contributed by atoms with Crippen LogP contribution < -0.4 is 0 Å². The summed E-state index contributed by atoms with van der Waals surface area (Å²) in [4.78, 5) is 13.5. The van der Waals surface area contributed by atoms with Gasteiger partial charge in [0, 0.05) is 6.42 Å². The Morgan fingerprint density at radius 1 is 1.43 bits per heavy atom. The van der Waals surface area contributed by atoms with Gasteiger partial charge in [0.2, 0.25) is 0 Å². The molecule has 0 aromatic rings. The zero-order valence-corrected chi connectivity index (χ0v) is 14.1. The highest BCUT2D eigenvalue weighted by atomic mass is 32.2. The molecule has 0 radical (unpaired) electrons. The van der Waals surface area contributed by atoms with E-state index in [0.29, 0.717) is 6.42 Å². The minimum Gasteiger partial charge on any atom is -0.444 e. The van der Waals surface area contributed by atoms with Crippen molar-refractivity contribution >= 4 is 16.2 Å². The second kappa shape index (κ2) is 6.10. The average molecular weight is 323 g/mol. The maximum atomic E-state index is 12.2. The summed E-state index contributed by atoms with van der Waals surface area (Å²) in [6.07, 6.45) is 1.10. The normalized spacial score (nSPS) is 27.0. The van der Waals surface area contributed by atoms with E-state index in [0.717, 1.165) is 6.26 Å². The Morgan fingerprint density at radius 2 is 2.00 bits per heavy atom. The predicted molar refractivity (Wildman–Crippen MR) is 77.4 cm³/mol. The fourth-order valence-electron chi connectivity index (χ4n) is 2.20. The van der Waals surface area contributed by atoms with Gasteiger partial charge in [0.15, 0.2) is 0 Å². The summed E-state index contributed by atoms with van der Waals surface area (Å²) in [5, 5.41) is 10.4. The van der Waals surface area contributed by atoms with Crippen LogP contribution in [0.15, 0.2) is 0 Å². The molecule has 1 saturated heterocycles. The van der Waals surface area contributed by atoms with Crippen molar-refractivity contribution in [3.05, 3.63) is 0 Å². The molecule has 7 nitrogen and oxygen atoms in total. The van der Waals surface area contributed by atoms with Crippen molar-refractivity contribution in [3.8, 4) is 0 Å². The zero-order valence-electron chi connectivity index (χ0n) is 13.2. The number of rotatable bonds is 4. The highest BCUT2D eigenvalue weighted by Gasteiger charge is 2.45. The van der Waals surface area contributed by atoms with Crippen LogP contribution in [0.25, 0.3) is 0 Å². The smallest absolute Gasteiger partial charge is 0.410 e. The number of carbonyl (C=O) groups excluding carboxylic acids is 1. The molecule has 2 atom stereocenters. The van der Waals surface area contributed by atoms with Crippen molar-refractivity contribution in [2.75, 3.05) is 19.4 Å². The average Bonchev–Trinajstić information content (AvgIpc) is 2.62. The summed E-state index contributed by atoms with van der Waals surface area (Å²) in [5.41, 5.74) is -1.70. The predicted octanol–water partition coefficient (Wildman–Crippen LogP) is 1.11. The lowest BCUT2D eigenvalue weighted by Crippen LogP contribution is -2.43. The van der Waals surface area contributed by atoms with Crippen molar-refractivity contribution in [2.45, 2.75) is 57.8 Å². The molecule has 1 amide bonds. The van der Waals surface area contributed by atoms with E-state index >= 15 is 0 Å². The van der Waals surface area contributed by atoms with Crippen LogP contribution >= 0.6 is 0 Å². The Labute approximate surface area is 126 Å². The minimum absolute atomic E-state index is 0.107. The van der Waals surface area contributed by atoms with E-state index in [4.69, 9.17) is 8.92 Å². The molecule has 0 bridgehead atoms. The fourth-order valence-corrected chi connectivity index (χ4v) is 2.61. The first kappa shape index (κ1) is 18.2. The van der Waals surface area contributed by atoms with Crippen LogP contribution in [0.5, 0.6) is 0 Å². The Hall–Kier alpha value is -0.860. The summed E-state index contributed by atoms with van der Waals surface area (Å²) >= 11 is 0. The van der Waals surface area contributed by atoms with Gasteiger partial charge in [0.1, 0.15) is 5.60 Å². The van der Waals surface area contributed by atoms with Gasteiger partial charge in [-0.2, -0.15) is 8.42 Å². The molecule has 1 aliphatic heterocycles. The van der Waals surface area contributed by atoms with E-state index in [1.54, 1.807) is 20.8 Å². The maximum absolute atomic E-state index is 12.2. The van der Waals surface area contributed by atoms with Crippen LogP contribution in [-0.2, 0) is 19.0 Å². The minimum atomic E-state index is -3.60. The highest BCUT2D eigenvalue weighted by molar-refractivity contribution is 7.85. The fraction of sp³-hybridized carbons (Fsp3) is 0.923. The summed E-state index contributed by atoms with van der Waals surface area (Å²) in [7, 11) is -3.60. The highest BCUT2D eigenvalue weighted by Crippen LogP contribution is 2.31. The van der Waals surface area contributed by atoms with E-state index in [-0.39, 0.29) is 19.6 Å². The third kappa shape index (κ3) is 5.80. The van der Waals surface area contributed by atoms with Crippen molar-refractivity contribution in [1.29, 1.82) is 0 Å². The molecule has 1 aliphatic rings. The molecule has 0 aliphatic carbocycles. The van der Waals surface area contributed by atoms with Gasteiger partial charge in [-0.15, -0.1) is 0 Å². The quantitative estimate of drug-likeness (QED) is 0.779. The van der Waals surface area contributed by atoms with Crippen LogP contribution in [0.3, 0.4) is 0 Å². The molecule has 8 heteroatoms. The van der Waals surface area contributed by atoms with Gasteiger partial charge in [-0.05, 0) is 27.2 Å². The molecule has 0 saturated carbocycles. The molecule has 0 aromatic heterocycles. The maximum Gasteiger partial charge on any atom is 0.410 e. The lowest BCUT2D eigenvalue weighted by atomic mass is 9.98.